The van der Waals surface area contributed by atoms with Crippen LogP contribution in [0.4, 0.5) is 0 Å². The maximum atomic E-state index is 12.2. The van der Waals surface area contributed by atoms with Crippen molar-refractivity contribution in [3.05, 3.63) is 71.3 Å². The van der Waals surface area contributed by atoms with Crippen LogP contribution in [-0.4, -0.2) is 37.0 Å². The smallest absolute Gasteiger partial charge is 0.246 e. The van der Waals surface area contributed by atoms with Gasteiger partial charge in [-0.05, 0) is 44.0 Å². The zero-order chi connectivity index (χ0) is 18.2. The lowest BCUT2D eigenvalue weighted by Gasteiger charge is -2.28. The van der Waals surface area contributed by atoms with Crippen LogP contribution in [0.25, 0.3) is 0 Å². The Morgan fingerprint density at radius 3 is 2.46 bits per heavy atom. The summed E-state index contributed by atoms with van der Waals surface area (Å²) in [6.07, 6.45) is 2.47. The molecule has 1 unspecified atom stereocenters. The fourth-order valence-electron chi connectivity index (χ4n) is 3.40. The Hall–Kier alpha value is -2.17. The number of nitrogens with one attached hydrogen (secondary N) is 1. The van der Waals surface area contributed by atoms with E-state index in [0.717, 1.165) is 18.7 Å². The molecular formula is C22H28N2O2. The lowest BCUT2D eigenvalue weighted by Crippen LogP contribution is -2.38. The van der Waals surface area contributed by atoms with Gasteiger partial charge in [-0.25, -0.2) is 0 Å². The Balaban J connectivity index is 1.50. The largest absolute Gasteiger partial charge is 0.367 e. The first-order chi connectivity index (χ1) is 12.7. The second-order valence-electron chi connectivity index (χ2n) is 6.95. The van der Waals surface area contributed by atoms with E-state index in [1.807, 2.05) is 30.3 Å². The number of nitrogens with zero attached hydrogens (tertiary/aromatic N) is 1. The summed E-state index contributed by atoms with van der Waals surface area (Å²) in [5, 5.41) is 3.05. The number of carbonyl (C=O) groups excluding carboxylic acids is 1. The zero-order valence-electron chi connectivity index (χ0n) is 15.5. The van der Waals surface area contributed by atoms with Gasteiger partial charge >= 0.3 is 0 Å². The highest BCUT2D eigenvalue weighted by molar-refractivity contribution is 5.77. The Kier molecular flexibility index (Phi) is 6.81. The minimum absolute atomic E-state index is 0.0581. The Morgan fingerprint density at radius 1 is 1.08 bits per heavy atom. The number of amides is 1. The van der Waals surface area contributed by atoms with E-state index < -0.39 is 0 Å². The van der Waals surface area contributed by atoms with Crippen LogP contribution in [0.2, 0.25) is 0 Å². The van der Waals surface area contributed by atoms with E-state index in [2.05, 4.69) is 41.4 Å². The third-order valence-corrected chi connectivity index (χ3v) is 4.88. The third-order valence-electron chi connectivity index (χ3n) is 4.88. The Labute approximate surface area is 156 Å². The van der Waals surface area contributed by atoms with Crippen LogP contribution >= 0.6 is 0 Å². The van der Waals surface area contributed by atoms with E-state index >= 15 is 0 Å². The number of carbonyl (C=O) groups is 1. The summed E-state index contributed by atoms with van der Waals surface area (Å²) in [6.45, 7) is 5.46. The van der Waals surface area contributed by atoms with Crippen LogP contribution in [0.15, 0.2) is 54.6 Å². The number of hydrogen-bond donors (Lipinski definition) is 1. The van der Waals surface area contributed by atoms with Gasteiger partial charge in [-0.3, -0.25) is 9.69 Å². The molecule has 26 heavy (non-hydrogen) atoms. The van der Waals surface area contributed by atoms with Gasteiger partial charge in [0, 0.05) is 6.54 Å². The van der Waals surface area contributed by atoms with Gasteiger partial charge in [0.1, 0.15) is 6.61 Å². The first kappa shape index (κ1) is 18.6. The minimum Gasteiger partial charge on any atom is -0.367 e. The summed E-state index contributed by atoms with van der Waals surface area (Å²) in [6, 6.07) is 18.8. The van der Waals surface area contributed by atoms with Crippen LogP contribution in [0, 0.1) is 6.92 Å². The second kappa shape index (κ2) is 9.51. The quantitative estimate of drug-likeness (QED) is 0.791. The molecule has 1 saturated heterocycles. The van der Waals surface area contributed by atoms with Crippen LogP contribution in [0.3, 0.4) is 0 Å². The number of rotatable bonds is 8. The van der Waals surface area contributed by atoms with Crippen molar-refractivity contribution in [1.82, 2.24) is 10.2 Å². The van der Waals surface area contributed by atoms with Crippen molar-refractivity contribution in [1.29, 1.82) is 0 Å². The molecule has 4 nitrogen and oxygen atoms in total. The fraction of sp³-hybridized carbons (Fsp3) is 0.409. The standard InChI is InChI=1S/C22H28N2O2/c1-18-9-11-20(12-10-18)21(24-13-5-6-14-24)15-23-22(25)17-26-16-19-7-3-2-4-8-19/h2-4,7-12,21H,5-6,13-17H2,1H3,(H,23,25). The fourth-order valence-corrected chi connectivity index (χ4v) is 3.40. The molecule has 1 fully saturated rings. The maximum Gasteiger partial charge on any atom is 0.246 e. The molecule has 138 valence electrons. The van der Waals surface area contributed by atoms with Gasteiger partial charge < -0.3 is 10.1 Å². The molecule has 0 spiro atoms. The Morgan fingerprint density at radius 2 is 1.77 bits per heavy atom. The average Bonchev–Trinajstić information content (AvgIpc) is 3.19. The highest BCUT2D eigenvalue weighted by atomic mass is 16.5. The normalized spacial score (nSPS) is 15.7. The highest BCUT2D eigenvalue weighted by Gasteiger charge is 2.23. The van der Waals surface area contributed by atoms with E-state index in [1.165, 1.54) is 24.0 Å². The van der Waals surface area contributed by atoms with Gasteiger partial charge in [0.15, 0.2) is 0 Å². The van der Waals surface area contributed by atoms with Crippen LogP contribution in [0.1, 0.15) is 35.6 Å². The third kappa shape index (κ3) is 5.41. The molecule has 1 aliphatic heterocycles. The molecule has 2 aromatic carbocycles. The lowest BCUT2D eigenvalue weighted by molar-refractivity contribution is -0.126. The van der Waals surface area contributed by atoms with Gasteiger partial charge in [-0.2, -0.15) is 0 Å². The van der Waals surface area contributed by atoms with Crippen molar-refractivity contribution in [2.24, 2.45) is 0 Å². The van der Waals surface area contributed by atoms with Crippen molar-refractivity contribution in [3.63, 3.8) is 0 Å². The molecule has 4 heteroatoms. The molecule has 0 aliphatic carbocycles. The number of aryl methyl sites for hydroxylation is 1. The number of likely N-dealkylation sites (tertiary alicyclic amines) is 1. The van der Waals surface area contributed by atoms with Crippen LogP contribution in [-0.2, 0) is 16.1 Å². The minimum atomic E-state index is -0.0581. The summed E-state index contributed by atoms with van der Waals surface area (Å²) >= 11 is 0. The molecule has 1 amide bonds. The first-order valence-electron chi connectivity index (χ1n) is 9.41. The predicted molar refractivity (Wildman–Crippen MR) is 104 cm³/mol. The molecule has 1 heterocycles. The molecule has 0 saturated carbocycles. The van der Waals surface area contributed by atoms with E-state index in [9.17, 15) is 4.79 Å². The van der Waals surface area contributed by atoms with Gasteiger partial charge in [0.05, 0.1) is 12.6 Å². The van der Waals surface area contributed by atoms with E-state index in [1.54, 1.807) is 0 Å². The molecule has 0 aromatic heterocycles. The molecule has 1 aliphatic rings. The van der Waals surface area contributed by atoms with Crippen molar-refractivity contribution < 1.29 is 9.53 Å². The maximum absolute atomic E-state index is 12.2. The zero-order valence-corrected chi connectivity index (χ0v) is 15.5. The van der Waals surface area contributed by atoms with Gasteiger partial charge in [0.25, 0.3) is 0 Å². The van der Waals surface area contributed by atoms with E-state index in [0.29, 0.717) is 13.2 Å². The molecule has 2 aromatic rings. The molecule has 0 radical (unpaired) electrons. The SMILES string of the molecule is Cc1ccc(C(CNC(=O)COCc2ccccc2)N2CCCC2)cc1. The van der Waals surface area contributed by atoms with Gasteiger partial charge in [0.2, 0.25) is 5.91 Å². The monoisotopic (exact) mass is 352 g/mol. The van der Waals surface area contributed by atoms with Crippen LogP contribution < -0.4 is 5.32 Å². The Bertz CT molecular complexity index is 679. The second-order valence-corrected chi connectivity index (χ2v) is 6.95. The predicted octanol–water partition coefficient (Wildman–Crippen LogP) is 3.46. The molecule has 1 N–H and O–H groups in total. The van der Waals surface area contributed by atoms with Gasteiger partial charge in [-0.15, -0.1) is 0 Å². The summed E-state index contributed by atoms with van der Waals surface area (Å²) in [5.74, 6) is -0.0581. The average molecular weight is 352 g/mol. The molecular weight excluding hydrogens is 324 g/mol. The molecule has 3 rings (SSSR count). The molecule has 0 bridgehead atoms. The van der Waals surface area contributed by atoms with Crippen molar-refractivity contribution in [2.45, 2.75) is 32.4 Å². The summed E-state index contributed by atoms with van der Waals surface area (Å²) in [4.78, 5) is 14.7. The van der Waals surface area contributed by atoms with E-state index in [-0.39, 0.29) is 18.6 Å². The number of benzene rings is 2. The topological polar surface area (TPSA) is 41.6 Å². The summed E-state index contributed by atoms with van der Waals surface area (Å²) < 4.78 is 5.54. The summed E-state index contributed by atoms with van der Waals surface area (Å²) in [5.41, 5.74) is 3.60. The van der Waals surface area contributed by atoms with Crippen molar-refractivity contribution in [2.75, 3.05) is 26.2 Å². The first-order valence-corrected chi connectivity index (χ1v) is 9.41. The molecule has 1 atom stereocenters. The number of ether oxygens (including phenoxy) is 1. The van der Waals surface area contributed by atoms with Crippen molar-refractivity contribution in [3.8, 4) is 0 Å². The van der Waals surface area contributed by atoms with Gasteiger partial charge in [-0.1, -0.05) is 60.2 Å². The lowest BCUT2D eigenvalue weighted by atomic mass is 10.0. The number of hydrogen-bond acceptors (Lipinski definition) is 3. The van der Waals surface area contributed by atoms with Crippen molar-refractivity contribution >= 4 is 5.91 Å². The van der Waals surface area contributed by atoms with Crippen LogP contribution in [0.5, 0.6) is 0 Å². The highest BCUT2D eigenvalue weighted by Crippen LogP contribution is 2.24. The summed E-state index contributed by atoms with van der Waals surface area (Å²) in [7, 11) is 0. The van der Waals surface area contributed by atoms with E-state index in [4.69, 9.17) is 4.74 Å².